The molecule has 2 N–H and O–H groups in total. The number of hydrogen-bond donors (Lipinski definition) is 2. The van der Waals surface area contributed by atoms with Crippen LogP contribution in [0.25, 0.3) is 0 Å². The highest BCUT2D eigenvalue weighted by molar-refractivity contribution is 7.99. The van der Waals surface area contributed by atoms with Crippen LogP contribution in [0.1, 0.15) is 50.8 Å². The van der Waals surface area contributed by atoms with Crippen LogP contribution >= 0.6 is 11.8 Å². The van der Waals surface area contributed by atoms with Crippen LogP contribution in [-0.2, 0) is 0 Å². The van der Waals surface area contributed by atoms with Crippen LogP contribution in [0.5, 0.6) is 0 Å². The molecule has 2 unspecified atom stereocenters. The summed E-state index contributed by atoms with van der Waals surface area (Å²) in [7, 11) is 0. The minimum atomic E-state index is 0.280. The van der Waals surface area contributed by atoms with E-state index in [0.29, 0.717) is 17.9 Å². The van der Waals surface area contributed by atoms with E-state index in [2.05, 4.69) is 57.3 Å². The first-order valence-corrected chi connectivity index (χ1v) is 8.75. The monoisotopic (exact) mass is 295 g/mol. The molecular weight excluding hydrogens is 266 g/mol. The molecule has 1 aromatic rings. The van der Waals surface area contributed by atoms with Gasteiger partial charge in [0.1, 0.15) is 0 Å². The lowest BCUT2D eigenvalue weighted by molar-refractivity contribution is 0.250. The van der Waals surface area contributed by atoms with Crippen molar-refractivity contribution in [2.75, 3.05) is 24.7 Å². The zero-order valence-electron chi connectivity index (χ0n) is 13.2. The predicted octanol–water partition coefficient (Wildman–Crippen LogP) is 3.82. The molecule has 0 fully saturated rings. The molecule has 1 aromatic carbocycles. The van der Waals surface area contributed by atoms with Gasteiger partial charge in [0, 0.05) is 18.4 Å². The SMILES string of the molecule is CCNC(CSCC(C)CO)c1ccc(C(C)C)cc1. The second-order valence-corrected chi connectivity index (χ2v) is 6.83. The zero-order valence-corrected chi connectivity index (χ0v) is 14.0. The number of aliphatic hydroxyl groups is 1. The third kappa shape index (κ3) is 5.86. The Labute approximate surface area is 128 Å². The Bertz CT molecular complexity index is 364. The van der Waals surface area contributed by atoms with Crippen LogP contribution < -0.4 is 5.32 Å². The number of thioether (sulfide) groups is 1. The molecule has 0 aliphatic heterocycles. The van der Waals surface area contributed by atoms with E-state index in [-0.39, 0.29) is 6.61 Å². The maximum absolute atomic E-state index is 9.07. The summed E-state index contributed by atoms with van der Waals surface area (Å²) in [5, 5.41) is 12.6. The smallest absolute Gasteiger partial charge is 0.0464 e. The number of hydrogen-bond acceptors (Lipinski definition) is 3. The lowest BCUT2D eigenvalue weighted by Gasteiger charge is -2.19. The van der Waals surface area contributed by atoms with Crippen molar-refractivity contribution in [2.45, 2.75) is 39.7 Å². The van der Waals surface area contributed by atoms with Crippen LogP contribution in [0.3, 0.4) is 0 Å². The van der Waals surface area contributed by atoms with Crippen molar-refractivity contribution in [3.63, 3.8) is 0 Å². The van der Waals surface area contributed by atoms with Gasteiger partial charge >= 0.3 is 0 Å². The lowest BCUT2D eigenvalue weighted by Crippen LogP contribution is -2.23. The molecule has 0 saturated carbocycles. The Balaban J connectivity index is 2.60. The van der Waals surface area contributed by atoms with Gasteiger partial charge in [-0.3, -0.25) is 0 Å². The molecule has 0 radical (unpaired) electrons. The van der Waals surface area contributed by atoms with E-state index in [0.717, 1.165) is 18.1 Å². The van der Waals surface area contributed by atoms with Gasteiger partial charge in [0.15, 0.2) is 0 Å². The summed E-state index contributed by atoms with van der Waals surface area (Å²) < 4.78 is 0. The molecule has 2 nitrogen and oxygen atoms in total. The van der Waals surface area contributed by atoms with Gasteiger partial charge in [-0.15, -0.1) is 0 Å². The predicted molar refractivity (Wildman–Crippen MR) is 90.5 cm³/mol. The summed E-state index contributed by atoms with van der Waals surface area (Å²) in [5.41, 5.74) is 2.76. The topological polar surface area (TPSA) is 32.3 Å². The van der Waals surface area contributed by atoms with Gasteiger partial charge in [-0.05, 0) is 35.3 Å². The van der Waals surface area contributed by atoms with E-state index < -0.39 is 0 Å². The number of nitrogens with one attached hydrogen (secondary N) is 1. The summed E-state index contributed by atoms with van der Waals surface area (Å²) in [5.74, 6) is 3.04. The van der Waals surface area contributed by atoms with Crippen LogP contribution in [0.2, 0.25) is 0 Å². The van der Waals surface area contributed by atoms with E-state index in [9.17, 15) is 0 Å². The summed E-state index contributed by atoms with van der Waals surface area (Å²) in [6.45, 7) is 9.95. The Kier molecular flexibility index (Phi) is 8.27. The molecule has 3 heteroatoms. The van der Waals surface area contributed by atoms with E-state index in [4.69, 9.17) is 5.11 Å². The summed E-state index contributed by atoms with van der Waals surface area (Å²) in [6, 6.07) is 9.38. The van der Waals surface area contributed by atoms with Crippen LogP contribution in [0, 0.1) is 5.92 Å². The molecule has 0 heterocycles. The molecule has 0 bridgehead atoms. The molecule has 20 heavy (non-hydrogen) atoms. The fourth-order valence-electron chi connectivity index (χ4n) is 2.07. The molecule has 0 aliphatic rings. The quantitative estimate of drug-likeness (QED) is 0.726. The largest absolute Gasteiger partial charge is 0.396 e. The third-order valence-electron chi connectivity index (χ3n) is 3.45. The molecule has 0 saturated heterocycles. The van der Waals surface area contributed by atoms with Crippen molar-refractivity contribution in [3.05, 3.63) is 35.4 Å². The van der Waals surface area contributed by atoms with E-state index in [1.54, 1.807) is 0 Å². The number of rotatable bonds is 9. The van der Waals surface area contributed by atoms with Crippen molar-refractivity contribution in [1.82, 2.24) is 5.32 Å². The fourth-order valence-corrected chi connectivity index (χ4v) is 3.26. The maximum atomic E-state index is 9.07. The van der Waals surface area contributed by atoms with Gasteiger partial charge in [0.2, 0.25) is 0 Å². The van der Waals surface area contributed by atoms with E-state index >= 15 is 0 Å². The number of aliphatic hydroxyl groups excluding tert-OH is 1. The summed E-state index contributed by atoms with van der Waals surface area (Å²) in [4.78, 5) is 0. The third-order valence-corrected chi connectivity index (χ3v) is 4.83. The van der Waals surface area contributed by atoms with E-state index in [1.807, 2.05) is 11.8 Å². The Morgan fingerprint density at radius 1 is 1.05 bits per heavy atom. The molecule has 1 rings (SSSR count). The highest BCUT2D eigenvalue weighted by Crippen LogP contribution is 2.22. The molecular formula is C17H29NOS. The van der Waals surface area contributed by atoms with Gasteiger partial charge in [-0.2, -0.15) is 11.8 Å². The van der Waals surface area contributed by atoms with Crippen molar-refractivity contribution >= 4 is 11.8 Å². The molecule has 114 valence electrons. The Morgan fingerprint density at radius 2 is 1.65 bits per heavy atom. The minimum Gasteiger partial charge on any atom is -0.396 e. The lowest BCUT2D eigenvalue weighted by atomic mass is 9.99. The van der Waals surface area contributed by atoms with Gasteiger partial charge in [-0.1, -0.05) is 52.0 Å². The van der Waals surface area contributed by atoms with Gasteiger partial charge in [-0.25, -0.2) is 0 Å². The van der Waals surface area contributed by atoms with Crippen LogP contribution in [0.15, 0.2) is 24.3 Å². The van der Waals surface area contributed by atoms with Crippen molar-refractivity contribution in [2.24, 2.45) is 5.92 Å². The summed E-state index contributed by atoms with van der Waals surface area (Å²) >= 11 is 1.92. The van der Waals surface area contributed by atoms with Crippen molar-refractivity contribution < 1.29 is 5.11 Å². The van der Waals surface area contributed by atoms with Crippen LogP contribution in [0.4, 0.5) is 0 Å². The first-order valence-electron chi connectivity index (χ1n) is 7.60. The average molecular weight is 295 g/mol. The van der Waals surface area contributed by atoms with Gasteiger partial charge in [0.05, 0.1) is 0 Å². The molecule has 0 aromatic heterocycles. The number of benzene rings is 1. The van der Waals surface area contributed by atoms with Gasteiger partial charge in [0.25, 0.3) is 0 Å². The standard InChI is InChI=1S/C17H29NOS/c1-5-18-17(12-20-11-14(4)10-19)16-8-6-15(7-9-16)13(2)3/h6-9,13-14,17-19H,5,10-12H2,1-4H3. The highest BCUT2D eigenvalue weighted by Gasteiger charge is 2.11. The van der Waals surface area contributed by atoms with Crippen molar-refractivity contribution in [3.8, 4) is 0 Å². The van der Waals surface area contributed by atoms with Crippen LogP contribution in [-0.4, -0.2) is 29.8 Å². The highest BCUT2D eigenvalue weighted by atomic mass is 32.2. The Hall–Kier alpha value is -0.510. The minimum absolute atomic E-state index is 0.280. The zero-order chi connectivity index (χ0) is 15.0. The second kappa shape index (κ2) is 9.43. The molecule has 0 spiro atoms. The molecule has 2 atom stereocenters. The fraction of sp³-hybridized carbons (Fsp3) is 0.647. The summed E-state index contributed by atoms with van der Waals surface area (Å²) in [6.07, 6.45) is 0. The molecule has 0 amide bonds. The Morgan fingerprint density at radius 3 is 2.15 bits per heavy atom. The van der Waals surface area contributed by atoms with Crippen molar-refractivity contribution in [1.29, 1.82) is 0 Å². The average Bonchev–Trinajstić information content (AvgIpc) is 2.46. The normalized spacial score (nSPS) is 14.5. The first-order chi connectivity index (χ1) is 9.58. The van der Waals surface area contributed by atoms with E-state index in [1.165, 1.54) is 11.1 Å². The first kappa shape index (κ1) is 17.5. The maximum Gasteiger partial charge on any atom is 0.0464 e. The second-order valence-electron chi connectivity index (χ2n) is 5.76. The molecule has 0 aliphatic carbocycles. The van der Waals surface area contributed by atoms with Gasteiger partial charge < -0.3 is 10.4 Å².